The second-order valence-electron chi connectivity index (χ2n) is 6.17. The van der Waals surface area contributed by atoms with E-state index in [-0.39, 0.29) is 5.54 Å². The topological polar surface area (TPSA) is 51.4 Å². The Balaban J connectivity index is 1.76. The van der Waals surface area contributed by atoms with E-state index in [0.717, 1.165) is 25.3 Å². The van der Waals surface area contributed by atoms with Crippen molar-refractivity contribution in [1.29, 1.82) is 0 Å². The second kappa shape index (κ2) is 5.58. The molecule has 5 heteroatoms. The molecule has 0 N–H and O–H groups in total. The third kappa shape index (κ3) is 3.14. The minimum absolute atomic E-state index is 0.00375. The van der Waals surface area contributed by atoms with E-state index in [2.05, 4.69) is 47.9 Å². The van der Waals surface area contributed by atoms with E-state index in [1.165, 1.54) is 5.56 Å². The van der Waals surface area contributed by atoms with Gasteiger partial charge in [0.1, 0.15) is 0 Å². The molecule has 1 saturated heterocycles. The maximum Gasteiger partial charge on any atom is 0.241 e. The number of hydrogen-bond donors (Lipinski definition) is 0. The second-order valence-corrected chi connectivity index (χ2v) is 6.17. The van der Waals surface area contributed by atoms with Crippen LogP contribution >= 0.6 is 0 Å². The van der Waals surface area contributed by atoms with E-state index < -0.39 is 0 Å². The number of nitrogens with zero attached hydrogens (tertiary/aromatic N) is 3. The molecule has 21 heavy (non-hydrogen) atoms. The molecule has 1 aliphatic heterocycles. The highest BCUT2D eigenvalue weighted by Crippen LogP contribution is 2.22. The number of rotatable bonds is 3. The highest BCUT2D eigenvalue weighted by atomic mass is 16.5. The van der Waals surface area contributed by atoms with Crippen LogP contribution in [0.15, 0.2) is 28.8 Å². The molecule has 0 unspecified atom stereocenters. The van der Waals surface area contributed by atoms with Crippen molar-refractivity contribution in [3.63, 3.8) is 0 Å². The normalized spacial score (nSPS) is 18.8. The summed E-state index contributed by atoms with van der Waals surface area (Å²) in [5.41, 5.74) is 2.18. The van der Waals surface area contributed by atoms with Gasteiger partial charge in [-0.15, -0.1) is 0 Å². The molecule has 1 aromatic heterocycles. The zero-order valence-electron chi connectivity index (χ0n) is 12.8. The van der Waals surface area contributed by atoms with Gasteiger partial charge in [0.25, 0.3) is 0 Å². The lowest BCUT2D eigenvalue weighted by Gasteiger charge is -2.41. The van der Waals surface area contributed by atoms with E-state index in [4.69, 9.17) is 9.26 Å². The van der Waals surface area contributed by atoms with Crippen LogP contribution in [0, 0.1) is 6.92 Å². The zero-order chi connectivity index (χ0) is 14.9. The van der Waals surface area contributed by atoms with Gasteiger partial charge in [0.2, 0.25) is 11.7 Å². The molecular formula is C16H21N3O2. The molecule has 112 valence electrons. The van der Waals surface area contributed by atoms with Crippen molar-refractivity contribution in [2.24, 2.45) is 0 Å². The van der Waals surface area contributed by atoms with E-state index in [1.54, 1.807) is 0 Å². The number of aryl methyl sites for hydroxylation is 1. The van der Waals surface area contributed by atoms with Gasteiger partial charge in [0.05, 0.1) is 19.8 Å². The highest BCUT2D eigenvalue weighted by Gasteiger charge is 2.31. The standard InChI is InChI=1S/C16H21N3O2/c1-12-5-4-6-13(9-12)15-17-14(21-18-15)10-19-7-8-20-11-16(19,2)3/h4-6,9H,7-8,10-11H2,1-3H3. The molecule has 0 amide bonds. The van der Waals surface area contributed by atoms with Crippen LogP contribution in [0.2, 0.25) is 0 Å². The Morgan fingerprint density at radius 1 is 1.33 bits per heavy atom. The zero-order valence-corrected chi connectivity index (χ0v) is 12.8. The number of morpholine rings is 1. The number of benzene rings is 1. The van der Waals surface area contributed by atoms with Gasteiger partial charge in [-0.3, -0.25) is 4.90 Å². The number of hydrogen-bond acceptors (Lipinski definition) is 5. The minimum Gasteiger partial charge on any atom is -0.378 e. The molecule has 2 aromatic rings. The first kappa shape index (κ1) is 14.2. The van der Waals surface area contributed by atoms with Crippen LogP contribution < -0.4 is 0 Å². The van der Waals surface area contributed by atoms with Crippen LogP contribution in [0.1, 0.15) is 25.3 Å². The summed E-state index contributed by atoms with van der Waals surface area (Å²) in [6.07, 6.45) is 0. The number of aromatic nitrogens is 2. The summed E-state index contributed by atoms with van der Waals surface area (Å²) in [5.74, 6) is 1.31. The predicted octanol–water partition coefficient (Wildman–Crippen LogP) is 2.66. The summed E-state index contributed by atoms with van der Waals surface area (Å²) in [6.45, 7) is 9.42. The quantitative estimate of drug-likeness (QED) is 0.868. The molecule has 0 radical (unpaired) electrons. The largest absolute Gasteiger partial charge is 0.378 e. The lowest BCUT2D eigenvalue weighted by molar-refractivity contribution is -0.0589. The van der Waals surface area contributed by atoms with Crippen molar-refractivity contribution in [2.75, 3.05) is 19.8 Å². The first-order valence-electron chi connectivity index (χ1n) is 7.27. The van der Waals surface area contributed by atoms with Crippen molar-refractivity contribution in [3.05, 3.63) is 35.7 Å². The fourth-order valence-electron chi connectivity index (χ4n) is 2.57. The van der Waals surface area contributed by atoms with Gasteiger partial charge in [0.15, 0.2) is 0 Å². The molecule has 0 spiro atoms. The fourth-order valence-corrected chi connectivity index (χ4v) is 2.57. The average molecular weight is 287 g/mol. The lowest BCUT2D eigenvalue weighted by Crippen LogP contribution is -2.52. The Morgan fingerprint density at radius 2 is 2.19 bits per heavy atom. The van der Waals surface area contributed by atoms with Crippen LogP contribution in [0.25, 0.3) is 11.4 Å². The summed E-state index contributed by atoms with van der Waals surface area (Å²) in [5, 5.41) is 4.10. The van der Waals surface area contributed by atoms with Gasteiger partial charge in [-0.1, -0.05) is 28.9 Å². The summed E-state index contributed by atoms with van der Waals surface area (Å²) in [6, 6.07) is 8.13. The Labute approximate surface area is 124 Å². The van der Waals surface area contributed by atoms with Crippen LogP contribution in [0.5, 0.6) is 0 Å². The molecule has 0 bridgehead atoms. The van der Waals surface area contributed by atoms with E-state index >= 15 is 0 Å². The van der Waals surface area contributed by atoms with Crippen molar-refractivity contribution in [1.82, 2.24) is 15.0 Å². The van der Waals surface area contributed by atoms with Crippen molar-refractivity contribution >= 4 is 0 Å². The Hall–Kier alpha value is -1.72. The highest BCUT2D eigenvalue weighted by molar-refractivity contribution is 5.55. The van der Waals surface area contributed by atoms with E-state index in [0.29, 0.717) is 18.3 Å². The number of ether oxygens (including phenoxy) is 1. The molecule has 5 nitrogen and oxygen atoms in total. The SMILES string of the molecule is Cc1cccc(-c2noc(CN3CCOCC3(C)C)n2)c1. The van der Waals surface area contributed by atoms with Crippen LogP contribution in [0.4, 0.5) is 0 Å². The van der Waals surface area contributed by atoms with Gasteiger partial charge < -0.3 is 9.26 Å². The van der Waals surface area contributed by atoms with Crippen molar-refractivity contribution in [3.8, 4) is 11.4 Å². The molecule has 1 aliphatic rings. The minimum atomic E-state index is -0.00375. The van der Waals surface area contributed by atoms with E-state index in [1.807, 2.05) is 12.1 Å². The first-order chi connectivity index (χ1) is 10.0. The van der Waals surface area contributed by atoms with Gasteiger partial charge >= 0.3 is 0 Å². The molecule has 2 heterocycles. The lowest BCUT2D eigenvalue weighted by atomic mass is 10.0. The summed E-state index contributed by atoms with van der Waals surface area (Å²) < 4.78 is 10.9. The fraction of sp³-hybridized carbons (Fsp3) is 0.500. The molecule has 3 rings (SSSR count). The first-order valence-corrected chi connectivity index (χ1v) is 7.27. The van der Waals surface area contributed by atoms with Crippen molar-refractivity contribution in [2.45, 2.75) is 32.9 Å². The monoisotopic (exact) mass is 287 g/mol. The van der Waals surface area contributed by atoms with Crippen molar-refractivity contribution < 1.29 is 9.26 Å². The summed E-state index contributed by atoms with van der Waals surface area (Å²) >= 11 is 0. The van der Waals surface area contributed by atoms with Gasteiger partial charge in [-0.2, -0.15) is 4.98 Å². The molecule has 1 fully saturated rings. The molecule has 0 saturated carbocycles. The molecular weight excluding hydrogens is 266 g/mol. The third-order valence-corrected chi connectivity index (χ3v) is 3.89. The molecule has 1 aromatic carbocycles. The Morgan fingerprint density at radius 3 is 2.95 bits per heavy atom. The summed E-state index contributed by atoms with van der Waals surface area (Å²) in [4.78, 5) is 6.84. The maximum absolute atomic E-state index is 5.53. The average Bonchev–Trinajstić information content (AvgIpc) is 2.90. The molecule has 0 atom stereocenters. The van der Waals surface area contributed by atoms with Crippen LogP contribution in [0.3, 0.4) is 0 Å². The van der Waals surface area contributed by atoms with Crippen LogP contribution in [-0.4, -0.2) is 40.3 Å². The molecule has 0 aliphatic carbocycles. The van der Waals surface area contributed by atoms with Crippen LogP contribution in [-0.2, 0) is 11.3 Å². The summed E-state index contributed by atoms with van der Waals surface area (Å²) in [7, 11) is 0. The van der Waals surface area contributed by atoms with Gasteiger partial charge in [-0.25, -0.2) is 0 Å². The maximum atomic E-state index is 5.53. The Bertz CT molecular complexity index is 621. The van der Waals surface area contributed by atoms with Gasteiger partial charge in [0, 0.05) is 17.6 Å². The van der Waals surface area contributed by atoms with E-state index in [9.17, 15) is 0 Å². The third-order valence-electron chi connectivity index (χ3n) is 3.89. The Kier molecular flexibility index (Phi) is 3.78. The smallest absolute Gasteiger partial charge is 0.241 e. The van der Waals surface area contributed by atoms with Gasteiger partial charge in [-0.05, 0) is 26.8 Å². The predicted molar refractivity (Wildman–Crippen MR) is 79.8 cm³/mol.